The number of nitrogens with two attached hydrogens (primary N) is 1. The van der Waals surface area contributed by atoms with Crippen LogP contribution < -0.4 is 19.9 Å². The normalized spacial score (nSPS) is 12.7. The molecular weight excluding hydrogens is 415 g/mol. The van der Waals surface area contributed by atoms with E-state index in [0.29, 0.717) is 11.3 Å². The number of anilines is 1. The molecule has 9 heteroatoms. The Labute approximate surface area is 174 Å². The van der Waals surface area contributed by atoms with Crippen molar-refractivity contribution in [2.45, 2.75) is 6.36 Å². The number of halogens is 3. The summed E-state index contributed by atoms with van der Waals surface area (Å²) in [5.74, 6) is 0.478. The molecule has 0 spiro atoms. The molecule has 0 radical (unpaired) electrons. The quantitative estimate of drug-likeness (QED) is 0.490. The zero-order valence-electron chi connectivity index (χ0n) is 15.7. The van der Waals surface area contributed by atoms with E-state index in [1.807, 2.05) is 42.7 Å². The third-order valence-electron chi connectivity index (χ3n) is 4.30. The zero-order chi connectivity index (χ0) is 21.3. The van der Waals surface area contributed by atoms with E-state index in [4.69, 9.17) is 10.5 Å². The molecule has 3 aromatic rings. The lowest BCUT2D eigenvalue weighted by atomic mass is 10.0. The number of nitrogens with zero attached hydrogens (tertiary/aromatic N) is 1. The third-order valence-corrected chi connectivity index (χ3v) is 4.74. The molecule has 3 aromatic carbocycles. The van der Waals surface area contributed by atoms with Gasteiger partial charge in [-0.15, -0.1) is 13.2 Å². The fourth-order valence-corrected chi connectivity index (χ4v) is 3.42. The van der Waals surface area contributed by atoms with E-state index >= 15 is 0 Å². The second-order valence-electron chi connectivity index (χ2n) is 6.37. The highest BCUT2D eigenvalue weighted by molar-refractivity contribution is 7.99. The van der Waals surface area contributed by atoms with Crippen LogP contribution in [0.2, 0.25) is 0 Å². The third kappa shape index (κ3) is 4.30. The number of fused-ring (bicyclic) bond motifs is 2. The second kappa shape index (κ2) is 7.83. The predicted octanol–water partition coefficient (Wildman–Crippen LogP) is 6.08. The van der Waals surface area contributed by atoms with Crippen LogP contribution in [0, 0.1) is 0 Å². The van der Waals surface area contributed by atoms with Gasteiger partial charge in [0.05, 0.1) is 5.56 Å². The molecule has 154 valence electrons. The van der Waals surface area contributed by atoms with E-state index in [9.17, 15) is 13.2 Å². The average Bonchev–Trinajstić information content (AvgIpc) is 2.82. The molecule has 0 unspecified atom stereocenters. The Morgan fingerprint density at radius 3 is 2.53 bits per heavy atom. The van der Waals surface area contributed by atoms with Gasteiger partial charge in [-0.3, -0.25) is 0 Å². The minimum absolute atomic E-state index is 0.133. The molecule has 1 aliphatic heterocycles. The Bertz CT molecular complexity index is 1130. The lowest BCUT2D eigenvalue weighted by molar-refractivity contribution is -0.274. The Morgan fingerprint density at radius 2 is 1.77 bits per heavy atom. The lowest BCUT2D eigenvalue weighted by Crippen LogP contribution is -2.17. The molecule has 0 bridgehead atoms. The zero-order valence-corrected chi connectivity index (χ0v) is 16.5. The van der Waals surface area contributed by atoms with Gasteiger partial charge in [-0.05, 0) is 47.5 Å². The maximum absolute atomic E-state index is 12.5. The summed E-state index contributed by atoms with van der Waals surface area (Å²) >= 11 is 1.49. The average molecular weight is 431 g/mol. The maximum Gasteiger partial charge on any atom is 0.573 e. The number of hydrogen-bond acceptors (Lipinski definition) is 6. The van der Waals surface area contributed by atoms with Gasteiger partial charge in [-0.2, -0.15) is 0 Å². The van der Waals surface area contributed by atoms with Crippen molar-refractivity contribution in [3.63, 3.8) is 0 Å². The van der Waals surface area contributed by atoms with Crippen LogP contribution in [0.25, 0.3) is 11.1 Å². The van der Waals surface area contributed by atoms with Crippen molar-refractivity contribution in [2.24, 2.45) is 10.7 Å². The summed E-state index contributed by atoms with van der Waals surface area (Å²) in [6.45, 7) is 0. The molecule has 4 rings (SSSR count). The van der Waals surface area contributed by atoms with Crippen molar-refractivity contribution in [1.82, 2.24) is 0 Å². The van der Waals surface area contributed by atoms with E-state index in [-0.39, 0.29) is 17.3 Å². The second-order valence-corrected chi connectivity index (χ2v) is 6.99. The Balaban J connectivity index is 1.71. The van der Waals surface area contributed by atoms with Gasteiger partial charge in [-0.25, -0.2) is 4.99 Å². The summed E-state index contributed by atoms with van der Waals surface area (Å²) in [5.41, 5.74) is 9.67. The molecule has 3 N–H and O–H groups in total. The van der Waals surface area contributed by atoms with Crippen molar-refractivity contribution in [3.05, 3.63) is 66.2 Å². The highest BCUT2D eigenvalue weighted by Gasteiger charge is 2.31. The number of nitrogens with one attached hydrogen (secondary N) is 1. The van der Waals surface area contributed by atoms with Crippen LogP contribution in [0.5, 0.6) is 17.2 Å². The first-order chi connectivity index (χ1) is 14.3. The Morgan fingerprint density at radius 1 is 1.00 bits per heavy atom. The Hall–Kier alpha value is -3.33. The first-order valence-electron chi connectivity index (χ1n) is 8.78. The van der Waals surface area contributed by atoms with Crippen LogP contribution in [0.4, 0.5) is 24.5 Å². The molecule has 1 aliphatic rings. The molecule has 0 aliphatic carbocycles. The van der Waals surface area contributed by atoms with Gasteiger partial charge in [0.1, 0.15) is 23.0 Å². The molecule has 0 saturated carbocycles. The fraction of sp³-hybridized carbons (Fsp3) is 0.0952. The summed E-state index contributed by atoms with van der Waals surface area (Å²) in [6, 6.07) is 17.0. The van der Waals surface area contributed by atoms with Gasteiger partial charge >= 0.3 is 6.36 Å². The number of amidine groups is 1. The van der Waals surface area contributed by atoms with E-state index in [1.165, 1.54) is 24.1 Å². The summed E-state index contributed by atoms with van der Waals surface area (Å²) < 4.78 is 50.5. The molecule has 0 amide bonds. The van der Waals surface area contributed by atoms with Crippen LogP contribution in [-0.4, -0.2) is 18.5 Å². The lowest BCUT2D eigenvalue weighted by Gasteiger charge is -2.12. The summed E-state index contributed by atoms with van der Waals surface area (Å²) in [7, 11) is 0. The Kier molecular flexibility index (Phi) is 5.21. The SMILES string of the molecule is CSNc1cccc(-c2ccc3c(c2)C(N)=Nc2cc(OC(F)(F)F)ccc2O3)c1. The molecule has 1 heterocycles. The van der Waals surface area contributed by atoms with E-state index < -0.39 is 12.1 Å². The van der Waals surface area contributed by atoms with Crippen LogP contribution in [0.1, 0.15) is 5.56 Å². The van der Waals surface area contributed by atoms with Crippen molar-refractivity contribution >= 4 is 29.2 Å². The highest BCUT2D eigenvalue weighted by atomic mass is 32.2. The van der Waals surface area contributed by atoms with Gasteiger partial charge in [0.2, 0.25) is 0 Å². The van der Waals surface area contributed by atoms with Gasteiger partial charge in [0.15, 0.2) is 5.75 Å². The van der Waals surface area contributed by atoms with Crippen LogP contribution >= 0.6 is 11.9 Å². The molecule has 0 saturated heterocycles. The fourth-order valence-electron chi connectivity index (χ4n) is 3.06. The van der Waals surface area contributed by atoms with Crippen LogP contribution in [0.15, 0.2) is 65.7 Å². The first-order valence-corrected chi connectivity index (χ1v) is 10.0. The van der Waals surface area contributed by atoms with E-state index in [1.54, 1.807) is 6.07 Å². The number of hydrogen-bond donors (Lipinski definition) is 2. The van der Waals surface area contributed by atoms with Gasteiger partial charge in [0, 0.05) is 18.0 Å². The number of rotatable bonds is 4. The smallest absolute Gasteiger partial charge is 0.454 e. The van der Waals surface area contributed by atoms with Crippen molar-refractivity contribution in [1.29, 1.82) is 0 Å². The number of benzene rings is 3. The minimum Gasteiger partial charge on any atom is -0.454 e. The van der Waals surface area contributed by atoms with Gasteiger partial charge < -0.3 is 19.9 Å². The number of ether oxygens (including phenoxy) is 2. The maximum atomic E-state index is 12.5. The van der Waals surface area contributed by atoms with Crippen molar-refractivity contribution in [2.75, 3.05) is 11.0 Å². The summed E-state index contributed by atoms with van der Waals surface area (Å²) in [5, 5.41) is 0. The number of alkyl halides is 3. The summed E-state index contributed by atoms with van der Waals surface area (Å²) in [6.07, 6.45) is -2.86. The van der Waals surface area contributed by atoms with Gasteiger partial charge in [-0.1, -0.05) is 30.1 Å². The van der Waals surface area contributed by atoms with Crippen LogP contribution in [-0.2, 0) is 0 Å². The molecule has 0 fully saturated rings. The highest BCUT2D eigenvalue weighted by Crippen LogP contribution is 2.41. The molecule has 30 heavy (non-hydrogen) atoms. The molecule has 5 nitrogen and oxygen atoms in total. The van der Waals surface area contributed by atoms with Crippen molar-refractivity contribution < 1.29 is 22.6 Å². The topological polar surface area (TPSA) is 68.9 Å². The van der Waals surface area contributed by atoms with E-state index in [2.05, 4.69) is 14.5 Å². The molecule has 0 atom stereocenters. The monoisotopic (exact) mass is 431 g/mol. The summed E-state index contributed by atoms with van der Waals surface area (Å²) in [4.78, 5) is 4.26. The first kappa shape index (κ1) is 20.0. The van der Waals surface area contributed by atoms with Crippen LogP contribution in [0.3, 0.4) is 0 Å². The predicted molar refractivity (Wildman–Crippen MR) is 113 cm³/mol. The largest absolute Gasteiger partial charge is 0.573 e. The standard InChI is InChI=1S/C21H16F3N3O2S/c1-30-27-14-4-2-3-12(9-14)13-5-7-18-16(10-13)20(25)26-17-11-15(29-21(22,23)24)6-8-19(17)28-18/h2-11,27H,1H3,(H2,25,26). The van der Waals surface area contributed by atoms with Gasteiger partial charge in [0.25, 0.3) is 0 Å². The molecular formula is C21H16F3N3O2S. The molecule has 0 aromatic heterocycles. The minimum atomic E-state index is -4.80. The van der Waals surface area contributed by atoms with E-state index in [0.717, 1.165) is 22.9 Å². The van der Waals surface area contributed by atoms with Crippen molar-refractivity contribution in [3.8, 4) is 28.4 Å². The number of aliphatic imine (C=N–C) groups is 1.